The Morgan fingerprint density at radius 2 is 1.79 bits per heavy atom. The van der Waals surface area contributed by atoms with E-state index in [2.05, 4.69) is 35.3 Å². The summed E-state index contributed by atoms with van der Waals surface area (Å²) >= 11 is 0. The Labute approximate surface area is 271 Å². The number of hydrogen-bond acceptors (Lipinski definition) is 6. The molecule has 7 rings (SSSR count). The zero-order valence-corrected chi connectivity index (χ0v) is 26.6. The number of rotatable bonds is 9. The SMILES string of the molecule is CCCCc1nc(C2CC2)n(-c2ccc3c(c2)CCO3)c(=O)c1Cc1ccc(-c2ccccc2-c2noc(=O)[nH]2)cc1.[Na]. The van der Waals surface area contributed by atoms with Crippen molar-refractivity contribution in [3.05, 3.63) is 116 Å². The van der Waals surface area contributed by atoms with Crippen LogP contribution < -0.4 is 16.1 Å². The number of nitrogens with zero attached hydrogens (tertiary/aromatic N) is 3. The third-order valence-corrected chi connectivity index (χ3v) is 8.20. The number of aryl methyl sites for hydroxylation is 1. The molecule has 43 heavy (non-hydrogen) atoms. The molecule has 0 spiro atoms. The number of H-pyrrole nitrogens is 1. The quantitative estimate of drug-likeness (QED) is 0.227. The van der Waals surface area contributed by atoms with E-state index in [-0.39, 0.29) is 35.1 Å². The molecule has 0 bridgehead atoms. The monoisotopic (exact) mass is 583 g/mol. The summed E-state index contributed by atoms with van der Waals surface area (Å²) in [5, 5.41) is 3.87. The summed E-state index contributed by atoms with van der Waals surface area (Å²) in [7, 11) is 0. The van der Waals surface area contributed by atoms with Crippen LogP contribution in [-0.4, -0.2) is 55.9 Å². The molecule has 2 aliphatic rings. The fraction of sp³-hybridized carbons (Fsp3) is 0.294. The molecule has 1 N–H and O–H groups in total. The molecule has 1 aliphatic carbocycles. The topological polar surface area (TPSA) is 103 Å². The van der Waals surface area contributed by atoms with Crippen molar-refractivity contribution >= 4 is 29.6 Å². The molecule has 0 atom stereocenters. The van der Waals surface area contributed by atoms with Gasteiger partial charge in [-0.3, -0.25) is 18.9 Å². The first kappa shape index (κ1) is 29.4. The normalized spacial score (nSPS) is 13.8. The van der Waals surface area contributed by atoms with Gasteiger partial charge in [0.2, 0.25) is 0 Å². The number of nitrogens with one attached hydrogen (secondary N) is 1. The van der Waals surface area contributed by atoms with Crippen LogP contribution in [0.4, 0.5) is 0 Å². The van der Waals surface area contributed by atoms with Gasteiger partial charge >= 0.3 is 5.76 Å². The van der Waals surface area contributed by atoms with Gasteiger partial charge in [0.05, 0.1) is 18.0 Å². The van der Waals surface area contributed by atoms with Crippen molar-refractivity contribution in [3.8, 4) is 34.0 Å². The van der Waals surface area contributed by atoms with Gasteiger partial charge in [-0.25, -0.2) is 9.78 Å². The molecule has 1 aliphatic heterocycles. The number of ether oxygens (including phenoxy) is 1. The first-order valence-corrected chi connectivity index (χ1v) is 14.7. The van der Waals surface area contributed by atoms with Crippen molar-refractivity contribution in [3.63, 3.8) is 0 Å². The average molecular weight is 584 g/mol. The third kappa shape index (κ3) is 5.92. The zero-order valence-electron chi connectivity index (χ0n) is 24.6. The van der Waals surface area contributed by atoms with Gasteiger partial charge < -0.3 is 4.74 Å². The predicted molar refractivity (Wildman–Crippen MR) is 166 cm³/mol. The van der Waals surface area contributed by atoms with E-state index in [0.29, 0.717) is 24.8 Å². The van der Waals surface area contributed by atoms with Crippen LogP contribution in [0.15, 0.2) is 80.8 Å². The molecule has 2 aromatic heterocycles. The Morgan fingerprint density at radius 3 is 2.51 bits per heavy atom. The van der Waals surface area contributed by atoms with Gasteiger partial charge in [-0.05, 0) is 66.1 Å². The minimum absolute atomic E-state index is 0. The van der Waals surface area contributed by atoms with Gasteiger partial charge in [-0.1, -0.05) is 67.0 Å². The molecule has 9 heteroatoms. The fourth-order valence-electron chi connectivity index (χ4n) is 5.82. The number of aromatic nitrogens is 4. The number of hydrogen-bond donors (Lipinski definition) is 1. The molecule has 8 nitrogen and oxygen atoms in total. The summed E-state index contributed by atoms with van der Waals surface area (Å²) in [6, 6.07) is 22.0. The van der Waals surface area contributed by atoms with Crippen molar-refractivity contribution in [1.82, 2.24) is 19.7 Å². The van der Waals surface area contributed by atoms with E-state index in [9.17, 15) is 9.59 Å². The molecule has 0 unspecified atom stereocenters. The van der Waals surface area contributed by atoms with Crippen molar-refractivity contribution in [2.45, 2.75) is 57.8 Å². The van der Waals surface area contributed by atoms with Crippen LogP contribution in [0.1, 0.15) is 66.7 Å². The van der Waals surface area contributed by atoms with Gasteiger partial charge in [0.15, 0.2) is 5.82 Å². The number of aromatic amines is 1. The standard InChI is InChI=1S/C34H32N4O4.Na/c1-2-3-8-29-28(33(39)38(32(35-29)23-13-14-23)25-15-16-30-24(20-25)17-18-41-30)19-21-9-11-22(12-10-21)26-6-4-5-7-27(26)31-36-34(40)42-37-31;/h4-7,9-12,15-16,20,23H,2-3,8,13-14,17-19H2,1H3,(H,36,37,40);. The Hall–Kier alpha value is -3.72. The predicted octanol–water partition coefficient (Wildman–Crippen LogP) is 5.61. The molecule has 3 aromatic carbocycles. The van der Waals surface area contributed by atoms with Crippen LogP contribution in [0.25, 0.3) is 28.2 Å². The second-order valence-corrected chi connectivity index (χ2v) is 11.2. The number of benzene rings is 3. The zero-order chi connectivity index (χ0) is 28.6. The molecular formula is C34H32N4NaO4. The van der Waals surface area contributed by atoms with Gasteiger partial charge in [-0.2, -0.15) is 0 Å². The first-order valence-electron chi connectivity index (χ1n) is 14.7. The Balaban J connectivity index is 0.00000329. The summed E-state index contributed by atoms with van der Waals surface area (Å²) in [5.41, 5.74) is 7.45. The molecule has 5 aromatic rings. The Bertz CT molecular complexity index is 1890. The largest absolute Gasteiger partial charge is 0.493 e. The van der Waals surface area contributed by atoms with E-state index >= 15 is 0 Å². The maximum absolute atomic E-state index is 14.3. The minimum atomic E-state index is -0.589. The Morgan fingerprint density at radius 1 is 1.00 bits per heavy atom. The molecule has 3 heterocycles. The van der Waals surface area contributed by atoms with Crippen LogP contribution in [0, 0.1) is 0 Å². The molecule has 1 fully saturated rings. The second kappa shape index (κ2) is 12.5. The second-order valence-electron chi connectivity index (χ2n) is 11.2. The molecular weight excluding hydrogens is 551 g/mol. The van der Waals surface area contributed by atoms with E-state index in [1.165, 1.54) is 0 Å². The molecule has 213 valence electrons. The van der Waals surface area contributed by atoms with E-state index in [4.69, 9.17) is 14.2 Å². The van der Waals surface area contributed by atoms with Crippen molar-refractivity contribution < 1.29 is 9.26 Å². The summed E-state index contributed by atoms with van der Waals surface area (Å²) in [6.45, 7) is 2.85. The van der Waals surface area contributed by atoms with E-state index in [0.717, 1.165) is 94.9 Å². The van der Waals surface area contributed by atoms with Gasteiger partial charge in [0.25, 0.3) is 5.56 Å². The smallest absolute Gasteiger partial charge is 0.439 e. The maximum atomic E-state index is 14.3. The number of fused-ring (bicyclic) bond motifs is 1. The molecule has 1 saturated carbocycles. The first-order chi connectivity index (χ1) is 20.6. The molecule has 0 saturated heterocycles. The van der Waals surface area contributed by atoms with Crippen molar-refractivity contribution in [2.75, 3.05) is 6.61 Å². The van der Waals surface area contributed by atoms with Crippen molar-refractivity contribution in [2.24, 2.45) is 0 Å². The van der Waals surface area contributed by atoms with E-state index in [1.54, 1.807) is 0 Å². The van der Waals surface area contributed by atoms with Gasteiger partial charge in [0, 0.05) is 59.4 Å². The third-order valence-electron chi connectivity index (χ3n) is 8.20. The fourth-order valence-corrected chi connectivity index (χ4v) is 5.82. The Kier molecular flexibility index (Phi) is 8.52. The van der Waals surface area contributed by atoms with Crippen molar-refractivity contribution in [1.29, 1.82) is 0 Å². The summed E-state index contributed by atoms with van der Waals surface area (Å²) in [6.07, 6.45) is 6.32. The van der Waals surface area contributed by atoms with Crippen LogP contribution in [0.5, 0.6) is 5.75 Å². The summed E-state index contributed by atoms with van der Waals surface area (Å²) < 4.78 is 12.3. The van der Waals surface area contributed by atoms with Crippen LogP contribution in [-0.2, 0) is 19.3 Å². The minimum Gasteiger partial charge on any atom is -0.493 e. The molecule has 0 amide bonds. The van der Waals surface area contributed by atoms with Crippen LogP contribution >= 0.6 is 0 Å². The van der Waals surface area contributed by atoms with E-state index < -0.39 is 5.76 Å². The van der Waals surface area contributed by atoms with Gasteiger partial charge in [-0.15, -0.1) is 0 Å². The summed E-state index contributed by atoms with van der Waals surface area (Å²) in [5.74, 6) is 1.93. The maximum Gasteiger partial charge on any atom is 0.439 e. The average Bonchev–Trinajstić information content (AvgIpc) is 3.60. The molecule has 1 radical (unpaired) electrons. The summed E-state index contributed by atoms with van der Waals surface area (Å²) in [4.78, 5) is 33.7. The van der Waals surface area contributed by atoms with E-state index in [1.807, 2.05) is 53.1 Å². The van der Waals surface area contributed by atoms with Crippen LogP contribution in [0.2, 0.25) is 0 Å². The number of unbranched alkanes of at least 4 members (excludes halogenated alkanes) is 1. The van der Waals surface area contributed by atoms with Crippen LogP contribution in [0.3, 0.4) is 0 Å². The van der Waals surface area contributed by atoms with Gasteiger partial charge in [0.1, 0.15) is 11.6 Å².